The highest BCUT2D eigenvalue weighted by Gasteiger charge is 2.35. The van der Waals surface area contributed by atoms with Crippen molar-refractivity contribution in [3.8, 4) is 0 Å². The van der Waals surface area contributed by atoms with E-state index >= 15 is 0 Å². The summed E-state index contributed by atoms with van der Waals surface area (Å²) in [5, 5.41) is 0. The molecule has 0 saturated carbocycles. The molecule has 0 radical (unpaired) electrons. The fourth-order valence-corrected chi connectivity index (χ4v) is 5.17. The number of ether oxygens (including phenoxy) is 1. The average Bonchev–Trinajstić information content (AvgIpc) is 2.91. The van der Waals surface area contributed by atoms with Crippen LogP contribution in [0.5, 0.6) is 0 Å². The van der Waals surface area contributed by atoms with Gasteiger partial charge in [-0.05, 0) is 45.4 Å². The zero-order chi connectivity index (χ0) is 21.9. The van der Waals surface area contributed by atoms with E-state index in [9.17, 15) is 18.0 Å². The second kappa shape index (κ2) is 8.92. The van der Waals surface area contributed by atoms with Crippen molar-refractivity contribution in [1.82, 2.24) is 8.87 Å². The fraction of sp³-hybridized carbons (Fsp3) is 0.429. The predicted octanol–water partition coefficient (Wildman–Crippen LogP) is 3.10. The Balaban J connectivity index is 2.49. The van der Waals surface area contributed by atoms with Gasteiger partial charge in [-0.25, -0.2) is 13.2 Å². The Bertz CT molecular complexity index is 1010. The van der Waals surface area contributed by atoms with E-state index in [0.29, 0.717) is 22.5 Å². The van der Waals surface area contributed by atoms with Crippen molar-refractivity contribution in [2.75, 3.05) is 13.2 Å². The van der Waals surface area contributed by atoms with Crippen molar-refractivity contribution in [3.63, 3.8) is 0 Å². The number of sulfonamides is 1. The fourth-order valence-electron chi connectivity index (χ4n) is 3.55. The highest BCUT2D eigenvalue weighted by Crippen LogP contribution is 2.26. The first kappa shape index (κ1) is 22.8. The Morgan fingerprint density at radius 1 is 1.14 bits per heavy atom. The molecule has 0 aliphatic carbocycles. The maximum Gasteiger partial charge on any atom is 0.355 e. The quantitative estimate of drug-likeness (QED) is 0.484. The van der Waals surface area contributed by atoms with Crippen LogP contribution in [0.1, 0.15) is 52.9 Å². The number of ketones is 1. The number of Topliss-reactive ketones (excluding diaryl/α,β-unsaturated/α-hetero) is 1. The molecule has 0 amide bonds. The molecule has 1 aromatic heterocycles. The van der Waals surface area contributed by atoms with Gasteiger partial charge in [-0.2, -0.15) is 4.31 Å². The molecule has 158 valence electrons. The molecule has 1 heterocycles. The maximum atomic E-state index is 13.3. The van der Waals surface area contributed by atoms with E-state index in [1.54, 1.807) is 64.4 Å². The first-order valence-corrected chi connectivity index (χ1v) is 11.0. The van der Waals surface area contributed by atoms with Crippen molar-refractivity contribution in [1.29, 1.82) is 0 Å². The number of hydrogen-bond donors (Lipinski definition) is 0. The zero-order valence-electron chi connectivity index (χ0n) is 17.7. The summed E-state index contributed by atoms with van der Waals surface area (Å²) in [6.07, 6.45) is 0. The number of esters is 1. The van der Waals surface area contributed by atoms with Crippen LogP contribution in [0.3, 0.4) is 0 Å². The summed E-state index contributed by atoms with van der Waals surface area (Å²) < 4.78 is 34.0. The third kappa shape index (κ3) is 4.13. The molecule has 0 fully saturated rings. The normalized spacial score (nSPS) is 12.8. The minimum absolute atomic E-state index is 0.134. The largest absolute Gasteiger partial charge is 0.461 e. The van der Waals surface area contributed by atoms with Gasteiger partial charge >= 0.3 is 5.97 Å². The number of rotatable bonds is 8. The molecule has 0 spiro atoms. The topological polar surface area (TPSA) is 85.7 Å². The molecular weight excluding hydrogens is 392 g/mol. The van der Waals surface area contributed by atoms with Crippen LogP contribution >= 0.6 is 0 Å². The third-order valence-electron chi connectivity index (χ3n) is 5.12. The lowest BCUT2D eigenvalue weighted by atomic mass is 10.0. The van der Waals surface area contributed by atoms with Crippen LogP contribution in [-0.2, 0) is 21.8 Å². The van der Waals surface area contributed by atoms with Gasteiger partial charge in [0.1, 0.15) is 5.69 Å². The Morgan fingerprint density at radius 3 is 2.24 bits per heavy atom. The van der Waals surface area contributed by atoms with Gasteiger partial charge in [0.15, 0.2) is 5.78 Å². The van der Waals surface area contributed by atoms with E-state index < -0.39 is 22.0 Å². The number of hydrogen-bond acceptors (Lipinski definition) is 5. The molecule has 8 heteroatoms. The van der Waals surface area contributed by atoms with Gasteiger partial charge < -0.3 is 9.30 Å². The van der Waals surface area contributed by atoms with E-state index in [1.807, 2.05) is 0 Å². The molecule has 29 heavy (non-hydrogen) atoms. The van der Waals surface area contributed by atoms with Gasteiger partial charge in [0.2, 0.25) is 10.0 Å². The molecule has 0 aliphatic heterocycles. The zero-order valence-corrected chi connectivity index (χ0v) is 18.5. The third-order valence-corrected chi connectivity index (χ3v) is 7.18. The summed E-state index contributed by atoms with van der Waals surface area (Å²) >= 11 is 0. The van der Waals surface area contributed by atoms with Crippen molar-refractivity contribution in [2.24, 2.45) is 7.05 Å². The standard InChI is InChI=1S/C21H28N2O5S/c1-7-23(29(26,27)17-12-10-9-11-13-17)16(5)20(24)18-14(3)19(21(25)28-8-2)22(6)15(18)4/h9-13,16H,7-8H2,1-6H3/t16-/m1/s1. The molecule has 0 unspecified atom stereocenters. The summed E-state index contributed by atoms with van der Waals surface area (Å²) in [6.45, 7) is 8.76. The van der Waals surface area contributed by atoms with Crippen molar-refractivity contribution in [2.45, 2.75) is 45.6 Å². The smallest absolute Gasteiger partial charge is 0.355 e. The van der Waals surface area contributed by atoms with E-state index in [1.165, 1.54) is 16.4 Å². The molecule has 0 saturated heterocycles. The molecule has 7 nitrogen and oxygen atoms in total. The van der Waals surface area contributed by atoms with Gasteiger partial charge in [0, 0.05) is 24.8 Å². The summed E-state index contributed by atoms with van der Waals surface area (Å²) in [4.78, 5) is 25.8. The molecule has 0 aliphatic rings. The minimum Gasteiger partial charge on any atom is -0.461 e. The van der Waals surface area contributed by atoms with E-state index in [0.717, 1.165) is 0 Å². The summed E-state index contributed by atoms with van der Waals surface area (Å²) in [7, 11) is -2.15. The van der Waals surface area contributed by atoms with Gasteiger partial charge in [0.05, 0.1) is 17.5 Å². The highest BCUT2D eigenvalue weighted by atomic mass is 32.2. The molecule has 1 aromatic carbocycles. The Hall–Kier alpha value is -2.45. The molecule has 2 rings (SSSR count). The summed E-state index contributed by atoms with van der Waals surface area (Å²) in [6, 6.07) is 7.10. The van der Waals surface area contributed by atoms with Gasteiger partial charge in [-0.1, -0.05) is 25.1 Å². The lowest BCUT2D eigenvalue weighted by Gasteiger charge is -2.26. The maximum absolute atomic E-state index is 13.3. The van der Waals surface area contributed by atoms with Gasteiger partial charge in [-0.15, -0.1) is 0 Å². The van der Waals surface area contributed by atoms with E-state index in [2.05, 4.69) is 0 Å². The number of nitrogens with zero attached hydrogens (tertiary/aromatic N) is 2. The number of carbonyl (C=O) groups is 2. The Kier molecular flexibility index (Phi) is 7.02. The first-order chi connectivity index (χ1) is 13.6. The van der Waals surface area contributed by atoms with Crippen LogP contribution in [-0.4, -0.2) is 48.2 Å². The van der Waals surface area contributed by atoms with Crippen LogP contribution in [0, 0.1) is 13.8 Å². The summed E-state index contributed by atoms with van der Waals surface area (Å²) in [5.74, 6) is -0.862. The van der Waals surface area contributed by atoms with Crippen molar-refractivity contribution >= 4 is 21.8 Å². The Morgan fingerprint density at radius 2 is 1.72 bits per heavy atom. The summed E-state index contributed by atoms with van der Waals surface area (Å²) in [5.41, 5.74) is 1.74. The second-order valence-electron chi connectivity index (χ2n) is 6.78. The molecule has 2 aromatic rings. The van der Waals surface area contributed by atoms with Crippen LogP contribution in [0.25, 0.3) is 0 Å². The number of aromatic nitrogens is 1. The average molecular weight is 421 g/mol. The number of carbonyl (C=O) groups excluding carboxylic acids is 2. The van der Waals surface area contributed by atoms with E-state index in [-0.39, 0.29) is 23.8 Å². The van der Waals surface area contributed by atoms with Gasteiger partial charge in [-0.3, -0.25) is 4.79 Å². The highest BCUT2D eigenvalue weighted by molar-refractivity contribution is 7.89. The molecule has 0 bridgehead atoms. The second-order valence-corrected chi connectivity index (χ2v) is 8.67. The number of benzene rings is 1. The minimum atomic E-state index is -3.84. The lowest BCUT2D eigenvalue weighted by Crippen LogP contribution is -2.43. The predicted molar refractivity (Wildman–Crippen MR) is 111 cm³/mol. The molecule has 0 N–H and O–H groups in total. The first-order valence-electron chi connectivity index (χ1n) is 9.53. The molecular formula is C21H28N2O5S. The van der Waals surface area contributed by atoms with Crippen LogP contribution < -0.4 is 0 Å². The monoisotopic (exact) mass is 420 g/mol. The van der Waals surface area contributed by atoms with Crippen molar-refractivity contribution < 1.29 is 22.7 Å². The van der Waals surface area contributed by atoms with Crippen LogP contribution in [0.15, 0.2) is 35.2 Å². The van der Waals surface area contributed by atoms with Crippen molar-refractivity contribution in [3.05, 3.63) is 52.8 Å². The Labute approximate surface area is 172 Å². The lowest BCUT2D eigenvalue weighted by molar-refractivity contribution is 0.0514. The molecule has 1 atom stereocenters. The van der Waals surface area contributed by atoms with Crippen LogP contribution in [0.4, 0.5) is 0 Å². The SMILES string of the molecule is CCOC(=O)c1c(C)c(C(=O)[C@@H](C)N(CC)S(=O)(=O)c2ccccc2)c(C)n1C. The van der Waals surface area contributed by atoms with E-state index in [4.69, 9.17) is 4.74 Å². The van der Waals surface area contributed by atoms with Crippen LogP contribution in [0.2, 0.25) is 0 Å². The van der Waals surface area contributed by atoms with Gasteiger partial charge in [0.25, 0.3) is 0 Å². The number of likely N-dealkylation sites (N-methyl/N-ethyl adjacent to an activating group) is 1.